The zero-order valence-electron chi connectivity index (χ0n) is 9.40. The molecule has 0 atom stereocenters. The molecule has 2 heterocycles. The Morgan fingerprint density at radius 2 is 2.35 bits per heavy atom. The molecule has 0 saturated carbocycles. The Balaban J connectivity index is 2.11. The normalized spacial score (nSPS) is 9.94. The van der Waals surface area contributed by atoms with Gasteiger partial charge >= 0.3 is 0 Å². The van der Waals surface area contributed by atoms with Crippen LogP contribution < -0.4 is 10.6 Å². The topological polar surface area (TPSA) is 82.7 Å². The Labute approximate surface area is 98.5 Å². The van der Waals surface area contributed by atoms with Gasteiger partial charge in [-0.3, -0.25) is 14.9 Å². The van der Waals surface area contributed by atoms with E-state index in [1.54, 1.807) is 18.5 Å². The zero-order chi connectivity index (χ0) is 12.1. The molecule has 0 aromatic carbocycles. The molecule has 1 amide bonds. The van der Waals surface area contributed by atoms with Crippen LogP contribution in [0.1, 0.15) is 17.4 Å². The fourth-order valence-corrected chi connectivity index (χ4v) is 1.38. The van der Waals surface area contributed by atoms with Crippen molar-refractivity contribution in [2.24, 2.45) is 0 Å². The predicted molar refractivity (Wildman–Crippen MR) is 64.9 cm³/mol. The van der Waals surface area contributed by atoms with E-state index in [4.69, 9.17) is 0 Å². The molecule has 2 aromatic rings. The molecular formula is C11H13N5O. The molecule has 2 aromatic heterocycles. The Morgan fingerprint density at radius 3 is 3.06 bits per heavy atom. The molecule has 0 bridgehead atoms. The number of aromatic amines is 1. The SMILES string of the molecule is CCNc1ccnc(C(=O)Nc2cn[nH]c2)c1. The number of amides is 1. The zero-order valence-corrected chi connectivity index (χ0v) is 9.40. The molecule has 88 valence electrons. The van der Waals surface area contributed by atoms with Crippen molar-refractivity contribution in [3.05, 3.63) is 36.4 Å². The first-order chi connectivity index (χ1) is 8.29. The van der Waals surface area contributed by atoms with Crippen molar-refractivity contribution in [3.8, 4) is 0 Å². The van der Waals surface area contributed by atoms with Gasteiger partial charge in [0.05, 0.1) is 11.9 Å². The lowest BCUT2D eigenvalue weighted by atomic mass is 10.3. The number of pyridine rings is 1. The van der Waals surface area contributed by atoms with Gasteiger partial charge in [-0.05, 0) is 19.1 Å². The van der Waals surface area contributed by atoms with Crippen molar-refractivity contribution in [2.45, 2.75) is 6.92 Å². The summed E-state index contributed by atoms with van der Waals surface area (Å²) >= 11 is 0. The van der Waals surface area contributed by atoms with Crippen LogP contribution in [0.15, 0.2) is 30.7 Å². The monoisotopic (exact) mass is 231 g/mol. The maximum Gasteiger partial charge on any atom is 0.274 e. The molecule has 0 fully saturated rings. The van der Waals surface area contributed by atoms with Crippen molar-refractivity contribution in [3.63, 3.8) is 0 Å². The van der Waals surface area contributed by atoms with Gasteiger partial charge in [0.1, 0.15) is 5.69 Å². The summed E-state index contributed by atoms with van der Waals surface area (Å²) in [5.41, 5.74) is 1.86. The third kappa shape index (κ3) is 2.81. The molecule has 0 aliphatic carbocycles. The lowest BCUT2D eigenvalue weighted by Gasteiger charge is -2.05. The van der Waals surface area contributed by atoms with E-state index >= 15 is 0 Å². The highest BCUT2D eigenvalue weighted by molar-refractivity contribution is 6.03. The highest BCUT2D eigenvalue weighted by Gasteiger charge is 2.08. The number of hydrogen-bond donors (Lipinski definition) is 3. The van der Waals surface area contributed by atoms with Gasteiger partial charge in [0, 0.05) is 24.6 Å². The van der Waals surface area contributed by atoms with Crippen LogP contribution in [0.2, 0.25) is 0 Å². The maximum atomic E-state index is 11.8. The van der Waals surface area contributed by atoms with Crippen molar-refractivity contribution >= 4 is 17.3 Å². The number of hydrogen-bond acceptors (Lipinski definition) is 4. The Kier molecular flexibility index (Phi) is 3.34. The Morgan fingerprint density at radius 1 is 1.47 bits per heavy atom. The molecule has 0 aliphatic rings. The number of carbonyl (C=O) groups is 1. The number of H-pyrrole nitrogens is 1. The van der Waals surface area contributed by atoms with Crippen LogP contribution in [0.4, 0.5) is 11.4 Å². The van der Waals surface area contributed by atoms with Gasteiger partial charge in [0.15, 0.2) is 0 Å². The second-order valence-electron chi connectivity index (χ2n) is 3.40. The Hall–Kier alpha value is -2.37. The average molecular weight is 231 g/mol. The molecule has 6 nitrogen and oxygen atoms in total. The molecule has 0 spiro atoms. The van der Waals surface area contributed by atoms with Gasteiger partial charge in [-0.1, -0.05) is 0 Å². The van der Waals surface area contributed by atoms with Crippen LogP contribution in [0.5, 0.6) is 0 Å². The van der Waals surface area contributed by atoms with E-state index in [2.05, 4.69) is 25.8 Å². The number of carbonyl (C=O) groups excluding carboxylic acids is 1. The van der Waals surface area contributed by atoms with Crippen LogP contribution in [-0.4, -0.2) is 27.6 Å². The summed E-state index contributed by atoms with van der Waals surface area (Å²) < 4.78 is 0. The third-order valence-corrected chi connectivity index (χ3v) is 2.13. The van der Waals surface area contributed by atoms with E-state index in [0.717, 1.165) is 12.2 Å². The summed E-state index contributed by atoms with van der Waals surface area (Å²) in [7, 11) is 0. The minimum atomic E-state index is -0.258. The molecule has 0 saturated heterocycles. The van der Waals surface area contributed by atoms with Crippen LogP contribution in [0.25, 0.3) is 0 Å². The van der Waals surface area contributed by atoms with E-state index in [9.17, 15) is 4.79 Å². The lowest BCUT2D eigenvalue weighted by molar-refractivity contribution is 0.102. The fourth-order valence-electron chi connectivity index (χ4n) is 1.38. The van der Waals surface area contributed by atoms with Gasteiger partial charge < -0.3 is 10.6 Å². The highest BCUT2D eigenvalue weighted by atomic mass is 16.1. The van der Waals surface area contributed by atoms with Gasteiger partial charge in [0.2, 0.25) is 0 Å². The molecule has 2 rings (SSSR count). The fraction of sp³-hybridized carbons (Fsp3) is 0.182. The van der Waals surface area contributed by atoms with E-state index in [1.807, 2.05) is 13.0 Å². The van der Waals surface area contributed by atoms with Crippen molar-refractivity contribution in [1.82, 2.24) is 15.2 Å². The molecule has 3 N–H and O–H groups in total. The summed E-state index contributed by atoms with van der Waals surface area (Å²) in [6.45, 7) is 2.79. The molecule has 0 radical (unpaired) electrons. The minimum absolute atomic E-state index is 0.258. The first-order valence-electron chi connectivity index (χ1n) is 5.29. The standard InChI is InChI=1S/C11H13N5O/c1-2-12-8-3-4-13-10(5-8)11(17)16-9-6-14-15-7-9/h3-7H,2H2,1H3,(H,12,13)(H,14,15)(H,16,17). The van der Waals surface area contributed by atoms with Gasteiger partial charge in [-0.15, -0.1) is 0 Å². The van der Waals surface area contributed by atoms with Crippen molar-refractivity contribution in [1.29, 1.82) is 0 Å². The molecule has 0 unspecified atom stereocenters. The van der Waals surface area contributed by atoms with Crippen molar-refractivity contribution < 1.29 is 4.79 Å². The first-order valence-corrected chi connectivity index (χ1v) is 5.29. The van der Waals surface area contributed by atoms with Crippen molar-refractivity contribution in [2.75, 3.05) is 17.2 Å². The molecule has 17 heavy (non-hydrogen) atoms. The minimum Gasteiger partial charge on any atom is -0.385 e. The number of anilines is 2. The van der Waals surface area contributed by atoms with Gasteiger partial charge in [-0.2, -0.15) is 5.10 Å². The maximum absolute atomic E-state index is 11.8. The second-order valence-corrected chi connectivity index (χ2v) is 3.40. The number of nitrogens with one attached hydrogen (secondary N) is 3. The van der Waals surface area contributed by atoms with Gasteiger partial charge in [-0.25, -0.2) is 0 Å². The largest absolute Gasteiger partial charge is 0.385 e. The number of rotatable bonds is 4. The summed E-state index contributed by atoms with van der Waals surface area (Å²) in [6.07, 6.45) is 4.74. The summed E-state index contributed by atoms with van der Waals surface area (Å²) in [5.74, 6) is -0.258. The van der Waals surface area contributed by atoms with E-state index < -0.39 is 0 Å². The average Bonchev–Trinajstić information content (AvgIpc) is 2.83. The quantitative estimate of drug-likeness (QED) is 0.744. The first kappa shape index (κ1) is 11.1. The molecule has 0 aliphatic heterocycles. The summed E-state index contributed by atoms with van der Waals surface area (Å²) in [5, 5.41) is 12.2. The third-order valence-electron chi connectivity index (χ3n) is 2.13. The van der Waals surface area contributed by atoms with Crippen LogP contribution in [0, 0.1) is 0 Å². The van der Waals surface area contributed by atoms with Crippen LogP contribution >= 0.6 is 0 Å². The summed E-state index contributed by atoms with van der Waals surface area (Å²) in [4.78, 5) is 15.8. The molecular weight excluding hydrogens is 218 g/mol. The molecule has 6 heteroatoms. The highest BCUT2D eigenvalue weighted by Crippen LogP contribution is 2.10. The smallest absolute Gasteiger partial charge is 0.274 e. The summed E-state index contributed by atoms with van der Waals surface area (Å²) in [6, 6.07) is 3.52. The van der Waals surface area contributed by atoms with E-state index in [-0.39, 0.29) is 5.91 Å². The van der Waals surface area contributed by atoms with Crippen LogP contribution in [-0.2, 0) is 0 Å². The Bertz CT molecular complexity index is 494. The lowest BCUT2D eigenvalue weighted by Crippen LogP contribution is -2.13. The van der Waals surface area contributed by atoms with Crippen LogP contribution in [0.3, 0.4) is 0 Å². The van der Waals surface area contributed by atoms with Gasteiger partial charge in [0.25, 0.3) is 5.91 Å². The van der Waals surface area contributed by atoms with E-state index in [1.165, 1.54) is 6.20 Å². The second kappa shape index (κ2) is 5.11. The number of nitrogens with zero attached hydrogens (tertiary/aromatic N) is 2. The predicted octanol–water partition coefficient (Wildman–Crippen LogP) is 1.49. The van der Waals surface area contributed by atoms with E-state index in [0.29, 0.717) is 11.4 Å². The number of aromatic nitrogens is 3.